The van der Waals surface area contributed by atoms with E-state index in [2.05, 4.69) is 21.4 Å². The zero-order chi connectivity index (χ0) is 12.1. The van der Waals surface area contributed by atoms with Gasteiger partial charge >= 0.3 is 0 Å². The summed E-state index contributed by atoms with van der Waals surface area (Å²) in [6, 6.07) is 9.52. The summed E-state index contributed by atoms with van der Waals surface area (Å²) in [5, 5.41) is 12.0. The van der Waals surface area contributed by atoms with Gasteiger partial charge in [0.15, 0.2) is 0 Å². The van der Waals surface area contributed by atoms with Crippen molar-refractivity contribution < 1.29 is 0 Å². The van der Waals surface area contributed by atoms with Crippen molar-refractivity contribution in [3.63, 3.8) is 0 Å². The summed E-state index contributed by atoms with van der Waals surface area (Å²) in [5.74, 6) is 0.622. The van der Waals surface area contributed by atoms with E-state index in [1.807, 2.05) is 25.1 Å². The number of nitriles is 1. The van der Waals surface area contributed by atoms with Crippen LogP contribution in [0, 0.1) is 11.3 Å². The Balaban J connectivity index is 2.45. The molecule has 0 radical (unpaired) electrons. The highest BCUT2D eigenvalue weighted by molar-refractivity contribution is 5.63. The lowest BCUT2D eigenvalue weighted by molar-refractivity contribution is 1.15. The molecule has 17 heavy (non-hydrogen) atoms. The van der Waals surface area contributed by atoms with Crippen LogP contribution >= 0.6 is 0 Å². The SMILES string of the molecule is CCNc1nc(-c2cccnc2)ccc1C#N. The van der Waals surface area contributed by atoms with Crippen molar-refractivity contribution in [2.45, 2.75) is 6.92 Å². The van der Waals surface area contributed by atoms with Crippen molar-refractivity contribution in [1.29, 1.82) is 5.26 Å². The Bertz CT molecular complexity index is 543. The summed E-state index contributed by atoms with van der Waals surface area (Å²) in [4.78, 5) is 8.48. The molecule has 2 aromatic heterocycles. The van der Waals surface area contributed by atoms with E-state index in [4.69, 9.17) is 5.26 Å². The fourth-order valence-electron chi connectivity index (χ4n) is 1.53. The zero-order valence-electron chi connectivity index (χ0n) is 9.51. The Morgan fingerprint density at radius 2 is 2.24 bits per heavy atom. The van der Waals surface area contributed by atoms with Crippen LogP contribution in [-0.4, -0.2) is 16.5 Å². The molecule has 84 valence electrons. The summed E-state index contributed by atoms with van der Waals surface area (Å²) >= 11 is 0. The third kappa shape index (κ3) is 2.40. The Labute approximate surface area is 100.0 Å². The first-order valence-corrected chi connectivity index (χ1v) is 5.40. The number of pyridine rings is 2. The molecule has 0 aliphatic rings. The fraction of sp³-hybridized carbons (Fsp3) is 0.154. The van der Waals surface area contributed by atoms with Gasteiger partial charge in [0.25, 0.3) is 0 Å². The van der Waals surface area contributed by atoms with Gasteiger partial charge in [0.1, 0.15) is 11.9 Å². The molecule has 0 spiro atoms. The van der Waals surface area contributed by atoms with Crippen LogP contribution in [0.4, 0.5) is 5.82 Å². The Kier molecular flexibility index (Phi) is 3.31. The van der Waals surface area contributed by atoms with Crippen molar-refractivity contribution >= 4 is 5.82 Å². The van der Waals surface area contributed by atoms with Gasteiger partial charge in [-0.05, 0) is 31.2 Å². The molecule has 0 aliphatic heterocycles. The van der Waals surface area contributed by atoms with E-state index >= 15 is 0 Å². The summed E-state index contributed by atoms with van der Waals surface area (Å²) < 4.78 is 0. The topological polar surface area (TPSA) is 61.6 Å². The van der Waals surface area contributed by atoms with Crippen LogP contribution in [0.25, 0.3) is 11.3 Å². The number of hydrogen-bond donors (Lipinski definition) is 1. The van der Waals surface area contributed by atoms with Crippen molar-refractivity contribution in [1.82, 2.24) is 9.97 Å². The second-order valence-corrected chi connectivity index (χ2v) is 3.48. The second kappa shape index (κ2) is 5.08. The lowest BCUT2D eigenvalue weighted by Gasteiger charge is -2.07. The average Bonchev–Trinajstić information content (AvgIpc) is 2.40. The maximum Gasteiger partial charge on any atom is 0.144 e. The fourth-order valence-corrected chi connectivity index (χ4v) is 1.53. The smallest absolute Gasteiger partial charge is 0.144 e. The van der Waals surface area contributed by atoms with Gasteiger partial charge < -0.3 is 5.32 Å². The third-order valence-electron chi connectivity index (χ3n) is 2.32. The molecular weight excluding hydrogens is 212 g/mol. The van der Waals surface area contributed by atoms with Crippen molar-refractivity contribution in [2.75, 3.05) is 11.9 Å². The van der Waals surface area contributed by atoms with E-state index in [0.717, 1.165) is 17.8 Å². The first-order valence-electron chi connectivity index (χ1n) is 5.40. The molecular formula is C13H12N4. The van der Waals surface area contributed by atoms with E-state index in [1.165, 1.54) is 0 Å². The van der Waals surface area contributed by atoms with Crippen LogP contribution in [0.5, 0.6) is 0 Å². The maximum absolute atomic E-state index is 8.96. The van der Waals surface area contributed by atoms with E-state index in [-0.39, 0.29) is 0 Å². The normalized spacial score (nSPS) is 9.65. The number of anilines is 1. The first kappa shape index (κ1) is 11.1. The predicted octanol–water partition coefficient (Wildman–Crippen LogP) is 2.45. The molecule has 0 atom stereocenters. The quantitative estimate of drug-likeness (QED) is 0.869. The third-order valence-corrected chi connectivity index (χ3v) is 2.32. The van der Waals surface area contributed by atoms with Gasteiger partial charge in [0.05, 0.1) is 11.3 Å². The lowest BCUT2D eigenvalue weighted by Crippen LogP contribution is -2.02. The molecule has 2 rings (SSSR count). The number of nitrogens with zero attached hydrogens (tertiary/aromatic N) is 3. The molecule has 0 unspecified atom stereocenters. The van der Waals surface area contributed by atoms with Gasteiger partial charge in [-0.3, -0.25) is 4.98 Å². The number of nitrogens with one attached hydrogen (secondary N) is 1. The largest absolute Gasteiger partial charge is 0.369 e. The van der Waals surface area contributed by atoms with Crippen LogP contribution in [0.15, 0.2) is 36.7 Å². The van der Waals surface area contributed by atoms with Gasteiger partial charge in [-0.25, -0.2) is 4.98 Å². The molecule has 0 bridgehead atoms. The van der Waals surface area contributed by atoms with Gasteiger partial charge in [-0.2, -0.15) is 5.26 Å². The highest BCUT2D eigenvalue weighted by Crippen LogP contribution is 2.20. The summed E-state index contributed by atoms with van der Waals surface area (Å²) in [6.45, 7) is 2.71. The highest BCUT2D eigenvalue weighted by Gasteiger charge is 2.05. The number of rotatable bonds is 3. The second-order valence-electron chi connectivity index (χ2n) is 3.48. The van der Waals surface area contributed by atoms with Gasteiger partial charge in [-0.1, -0.05) is 0 Å². The summed E-state index contributed by atoms with van der Waals surface area (Å²) in [7, 11) is 0. The molecule has 0 fully saturated rings. The number of hydrogen-bond acceptors (Lipinski definition) is 4. The van der Waals surface area contributed by atoms with Crippen molar-refractivity contribution in [2.24, 2.45) is 0 Å². The van der Waals surface area contributed by atoms with Gasteiger partial charge in [-0.15, -0.1) is 0 Å². The maximum atomic E-state index is 8.96. The summed E-state index contributed by atoms with van der Waals surface area (Å²) in [6.07, 6.45) is 3.47. The minimum absolute atomic E-state index is 0.555. The molecule has 0 saturated heterocycles. The molecule has 0 amide bonds. The molecule has 2 aromatic rings. The summed E-state index contributed by atoms with van der Waals surface area (Å²) in [5.41, 5.74) is 2.31. The van der Waals surface area contributed by atoms with E-state index in [1.54, 1.807) is 18.5 Å². The monoisotopic (exact) mass is 224 g/mol. The van der Waals surface area contributed by atoms with Crippen LogP contribution < -0.4 is 5.32 Å². The Morgan fingerprint density at radius 1 is 1.35 bits per heavy atom. The Morgan fingerprint density at radius 3 is 2.88 bits per heavy atom. The molecule has 2 heterocycles. The van der Waals surface area contributed by atoms with Crippen molar-refractivity contribution in [3.8, 4) is 17.3 Å². The molecule has 0 aliphatic carbocycles. The van der Waals surface area contributed by atoms with Crippen LogP contribution in [0.1, 0.15) is 12.5 Å². The lowest BCUT2D eigenvalue weighted by atomic mass is 10.1. The van der Waals surface area contributed by atoms with Crippen LogP contribution in [0.2, 0.25) is 0 Å². The Hall–Kier alpha value is -2.41. The molecule has 0 saturated carbocycles. The standard InChI is InChI=1S/C13H12N4/c1-2-16-13-10(8-14)5-6-12(17-13)11-4-3-7-15-9-11/h3-7,9H,2H2,1H3,(H,16,17). The molecule has 1 N–H and O–H groups in total. The minimum atomic E-state index is 0.555. The highest BCUT2D eigenvalue weighted by atomic mass is 15.0. The van der Waals surface area contributed by atoms with Gasteiger partial charge in [0, 0.05) is 24.5 Å². The van der Waals surface area contributed by atoms with Crippen molar-refractivity contribution in [3.05, 3.63) is 42.2 Å². The average molecular weight is 224 g/mol. The molecule has 0 aromatic carbocycles. The minimum Gasteiger partial charge on any atom is -0.369 e. The van der Waals surface area contributed by atoms with E-state index < -0.39 is 0 Å². The predicted molar refractivity (Wildman–Crippen MR) is 66.3 cm³/mol. The van der Waals surface area contributed by atoms with Crippen LogP contribution in [-0.2, 0) is 0 Å². The zero-order valence-corrected chi connectivity index (χ0v) is 9.51. The molecule has 4 heteroatoms. The number of aromatic nitrogens is 2. The van der Waals surface area contributed by atoms with E-state index in [0.29, 0.717) is 11.4 Å². The molecule has 4 nitrogen and oxygen atoms in total. The first-order chi connectivity index (χ1) is 8.35. The van der Waals surface area contributed by atoms with E-state index in [9.17, 15) is 0 Å². The van der Waals surface area contributed by atoms with Gasteiger partial charge in [0.2, 0.25) is 0 Å². The van der Waals surface area contributed by atoms with Crippen LogP contribution in [0.3, 0.4) is 0 Å².